The summed E-state index contributed by atoms with van der Waals surface area (Å²) in [5, 5.41) is 6.75. The number of thiazole rings is 1. The van der Waals surface area contributed by atoms with Crippen LogP contribution < -0.4 is 5.32 Å². The molecule has 0 amide bonds. The number of aromatic nitrogens is 1. The summed E-state index contributed by atoms with van der Waals surface area (Å²) in [6.07, 6.45) is 6.95. The predicted molar refractivity (Wildman–Crippen MR) is 112 cm³/mol. The van der Waals surface area contributed by atoms with Crippen LogP contribution in [-0.2, 0) is 6.54 Å². The van der Waals surface area contributed by atoms with Crippen molar-refractivity contribution in [3.8, 4) is 0 Å². The number of hydrogen-bond acceptors (Lipinski definition) is 4. The molecule has 1 saturated carbocycles. The first-order chi connectivity index (χ1) is 10.7. The van der Waals surface area contributed by atoms with Crippen LogP contribution in [0, 0.1) is 6.92 Å². The van der Waals surface area contributed by atoms with Gasteiger partial charge in [0.1, 0.15) is 5.01 Å². The Morgan fingerprint density at radius 2 is 2.17 bits per heavy atom. The SMILES string of the molecule is CN=C(NCc1nc(C)cs1)N1CCSC2(CCCCC2)C1.I. The molecule has 0 aromatic carbocycles. The van der Waals surface area contributed by atoms with Crippen LogP contribution in [-0.4, -0.2) is 46.5 Å². The minimum Gasteiger partial charge on any atom is -0.350 e. The van der Waals surface area contributed by atoms with Crippen LogP contribution in [0.4, 0.5) is 0 Å². The normalized spacial score (nSPS) is 21.1. The van der Waals surface area contributed by atoms with E-state index in [0.717, 1.165) is 36.3 Å². The average Bonchev–Trinajstić information content (AvgIpc) is 2.94. The monoisotopic (exact) mass is 466 g/mol. The van der Waals surface area contributed by atoms with Gasteiger partial charge in [-0.1, -0.05) is 19.3 Å². The third kappa shape index (κ3) is 4.98. The number of rotatable bonds is 2. The number of nitrogens with zero attached hydrogens (tertiary/aromatic N) is 3. The van der Waals surface area contributed by atoms with E-state index in [2.05, 4.69) is 37.3 Å². The third-order valence-corrected chi connectivity index (χ3v) is 7.09. The first-order valence-corrected chi connectivity index (χ1v) is 10.1. The first-order valence-electron chi connectivity index (χ1n) is 8.21. The second kappa shape index (κ2) is 8.89. The fraction of sp³-hybridized carbons (Fsp3) is 0.750. The Balaban J connectivity index is 0.00000192. The lowest BCUT2D eigenvalue weighted by atomic mass is 9.87. The highest BCUT2D eigenvalue weighted by Crippen LogP contribution is 2.42. The van der Waals surface area contributed by atoms with Crippen molar-refractivity contribution in [1.82, 2.24) is 15.2 Å². The van der Waals surface area contributed by atoms with Gasteiger partial charge in [-0.25, -0.2) is 4.98 Å². The van der Waals surface area contributed by atoms with Crippen molar-refractivity contribution in [2.45, 2.75) is 50.3 Å². The molecule has 1 N–H and O–H groups in total. The second-order valence-corrected chi connectivity index (χ2v) is 8.80. The van der Waals surface area contributed by atoms with Crippen LogP contribution in [0.1, 0.15) is 42.8 Å². The summed E-state index contributed by atoms with van der Waals surface area (Å²) in [6.45, 7) is 5.07. The highest BCUT2D eigenvalue weighted by molar-refractivity contribution is 14.0. The molecule has 0 atom stereocenters. The van der Waals surface area contributed by atoms with Gasteiger partial charge in [-0.2, -0.15) is 11.8 Å². The third-order valence-electron chi connectivity index (χ3n) is 4.59. The molecule has 130 valence electrons. The number of guanidine groups is 1. The summed E-state index contributed by atoms with van der Waals surface area (Å²) in [5.74, 6) is 2.26. The van der Waals surface area contributed by atoms with E-state index in [-0.39, 0.29) is 24.0 Å². The second-order valence-electron chi connectivity index (χ2n) is 6.30. The van der Waals surface area contributed by atoms with Crippen molar-refractivity contribution in [1.29, 1.82) is 0 Å². The molecule has 7 heteroatoms. The summed E-state index contributed by atoms with van der Waals surface area (Å²) in [7, 11) is 1.89. The molecule has 1 spiro atoms. The molecular weight excluding hydrogens is 439 g/mol. The largest absolute Gasteiger partial charge is 0.350 e. The van der Waals surface area contributed by atoms with E-state index in [1.54, 1.807) is 11.3 Å². The zero-order valence-corrected chi connectivity index (χ0v) is 18.0. The molecule has 2 aliphatic rings. The first kappa shape index (κ1) is 19.3. The Morgan fingerprint density at radius 1 is 1.39 bits per heavy atom. The van der Waals surface area contributed by atoms with Crippen molar-refractivity contribution in [2.24, 2.45) is 4.99 Å². The van der Waals surface area contributed by atoms with E-state index in [0.29, 0.717) is 4.75 Å². The van der Waals surface area contributed by atoms with E-state index in [9.17, 15) is 0 Å². The highest BCUT2D eigenvalue weighted by atomic mass is 127. The van der Waals surface area contributed by atoms with Gasteiger partial charge in [-0.3, -0.25) is 4.99 Å². The maximum atomic E-state index is 4.52. The molecule has 1 aliphatic carbocycles. The van der Waals surface area contributed by atoms with Gasteiger partial charge in [0.2, 0.25) is 0 Å². The quantitative estimate of drug-likeness (QED) is 0.408. The molecule has 0 radical (unpaired) electrons. The maximum Gasteiger partial charge on any atom is 0.194 e. The number of nitrogens with one attached hydrogen (secondary N) is 1. The zero-order chi connectivity index (χ0) is 15.4. The Hall–Kier alpha value is -0.0200. The maximum absolute atomic E-state index is 4.52. The molecule has 4 nitrogen and oxygen atoms in total. The predicted octanol–water partition coefficient (Wildman–Crippen LogP) is 3.90. The minimum absolute atomic E-state index is 0. The van der Waals surface area contributed by atoms with E-state index < -0.39 is 0 Å². The van der Waals surface area contributed by atoms with Crippen LogP contribution in [0.2, 0.25) is 0 Å². The van der Waals surface area contributed by atoms with Gasteiger partial charge in [-0.15, -0.1) is 35.3 Å². The minimum atomic E-state index is 0. The van der Waals surface area contributed by atoms with Gasteiger partial charge in [0.15, 0.2) is 5.96 Å². The molecule has 2 heterocycles. The summed E-state index contributed by atoms with van der Waals surface area (Å²) in [4.78, 5) is 11.5. The van der Waals surface area contributed by atoms with E-state index in [1.807, 2.05) is 14.0 Å². The molecular formula is C16H27IN4S2. The Morgan fingerprint density at radius 3 is 2.83 bits per heavy atom. The Kier molecular flexibility index (Phi) is 7.47. The van der Waals surface area contributed by atoms with E-state index >= 15 is 0 Å². The summed E-state index contributed by atoms with van der Waals surface area (Å²) < 4.78 is 0.478. The number of aryl methyl sites for hydroxylation is 1. The molecule has 2 fully saturated rings. The van der Waals surface area contributed by atoms with Crippen LogP contribution >= 0.6 is 47.1 Å². The smallest absolute Gasteiger partial charge is 0.194 e. The summed E-state index contributed by atoms with van der Waals surface area (Å²) >= 11 is 3.92. The van der Waals surface area contributed by atoms with Crippen LogP contribution in [0.5, 0.6) is 0 Å². The van der Waals surface area contributed by atoms with E-state index in [1.165, 1.54) is 37.9 Å². The number of aliphatic imine (C=N–C) groups is 1. The van der Waals surface area contributed by atoms with Gasteiger partial charge in [0.25, 0.3) is 0 Å². The lowest BCUT2D eigenvalue weighted by Gasteiger charge is -2.45. The molecule has 1 aliphatic heterocycles. The summed E-state index contributed by atoms with van der Waals surface area (Å²) in [5.41, 5.74) is 1.10. The number of thioether (sulfide) groups is 1. The molecule has 1 aromatic heterocycles. The number of halogens is 1. The molecule has 3 rings (SSSR count). The molecule has 0 unspecified atom stereocenters. The van der Waals surface area contributed by atoms with Crippen LogP contribution in [0.25, 0.3) is 0 Å². The van der Waals surface area contributed by atoms with Gasteiger partial charge in [-0.05, 0) is 19.8 Å². The molecule has 1 aromatic rings. The number of hydrogen-bond donors (Lipinski definition) is 1. The Bertz CT molecular complexity index is 520. The van der Waals surface area contributed by atoms with E-state index in [4.69, 9.17) is 0 Å². The van der Waals surface area contributed by atoms with Crippen molar-refractivity contribution in [3.63, 3.8) is 0 Å². The van der Waals surface area contributed by atoms with Crippen molar-refractivity contribution in [3.05, 3.63) is 16.1 Å². The highest BCUT2D eigenvalue weighted by Gasteiger charge is 2.38. The lowest BCUT2D eigenvalue weighted by Crippen LogP contribution is -2.53. The van der Waals surface area contributed by atoms with Gasteiger partial charge < -0.3 is 10.2 Å². The molecule has 23 heavy (non-hydrogen) atoms. The van der Waals surface area contributed by atoms with Crippen molar-refractivity contribution < 1.29 is 0 Å². The van der Waals surface area contributed by atoms with Gasteiger partial charge in [0, 0.05) is 41.7 Å². The summed E-state index contributed by atoms with van der Waals surface area (Å²) in [6, 6.07) is 0. The van der Waals surface area contributed by atoms with Crippen molar-refractivity contribution in [2.75, 3.05) is 25.9 Å². The van der Waals surface area contributed by atoms with Crippen LogP contribution in [0.15, 0.2) is 10.4 Å². The lowest BCUT2D eigenvalue weighted by molar-refractivity contribution is 0.293. The molecule has 1 saturated heterocycles. The van der Waals surface area contributed by atoms with Gasteiger partial charge in [0.05, 0.1) is 6.54 Å². The van der Waals surface area contributed by atoms with Crippen LogP contribution in [0.3, 0.4) is 0 Å². The van der Waals surface area contributed by atoms with Crippen molar-refractivity contribution >= 4 is 53.0 Å². The topological polar surface area (TPSA) is 40.5 Å². The zero-order valence-electron chi connectivity index (χ0n) is 14.0. The molecule has 0 bridgehead atoms. The fourth-order valence-corrected chi connectivity index (χ4v) is 5.78. The standard InChI is InChI=1S/C16H26N4S2.HI/c1-13-11-21-14(19-13)10-18-15(17-2)20-8-9-22-16(12-20)6-4-3-5-7-16;/h11H,3-10,12H2,1-2H3,(H,17,18);1H. The fourth-order valence-electron chi connectivity index (χ4n) is 3.50. The Labute approximate surface area is 164 Å². The van der Waals surface area contributed by atoms with Gasteiger partial charge >= 0.3 is 0 Å². The average molecular weight is 466 g/mol.